The molecule has 1 heterocycles. The molecule has 0 unspecified atom stereocenters. The minimum Gasteiger partial charge on any atom is -0.230 e. The van der Waals surface area contributed by atoms with Gasteiger partial charge in [0.15, 0.2) is 4.34 Å². The Morgan fingerprint density at radius 1 is 1.05 bits per heavy atom. The van der Waals surface area contributed by atoms with Gasteiger partial charge in [-0.1, -0.05) is 17.8 Å². The van der Waals surface area contributed by atoms with Gasteiger partial charge < -0.3 is 0 Å². The second kappa shape index (κ2) is 5.46. The van der Waals surface area contributed by atoms with Gasteiger partial charge in [-0.15, -0.1) is 11.3 Å². The van der Waals surface area contributed by atoms with E-state index in [1.54, 1.807) is 6.07 Å². The molecule has 1 nitrogen and oxygen atoms in total. The molecule has 0 aliphatic rings. The number of thiazole rings is 1. The maximum atomic E-state index is 13.5. The van der Waals surface area contributed by atoms with Crippen molar-refractivity contribution < 1.29 is 13.2 Å². The summed E-state index contributed by atoms with van der Waals surface area (Å²) in [4.78, 5) is 4.24. The molecule has 0 spiro atoms. The van der Waals surface area contributed by atoms with E-state index in [-0.39, 0.29) is 17.1 Å². The fourth-order valence-corrected chi connectivity index (χ4v) is 3.81. The van der Waals surface area contributed by atoms with Crippen LogP contribution in [0.15, 0.2) is 40.7 Å². The summed E-state index contributed by atoms with van der Waals surface area (Å²) < 4.78 is 41.6. The molecule has 0 fully saturated rings. The fraction of sp³-hybridized carbons (Fsp3) is 0.0714. The second-order valence-corrected chi connectivity index (χ2v) is 6.33. The van der Waals surface area contributed by atoms with E-state index >= 15 is 0 Å². The zero-order valence-electron chi connectivity index (χ0n) is 10.1. The van der Waals surface area contributed by atoms with Crippen molar-refractivity contribution in [3.63, 3.8) is 0 Å². The van der Waals surface area contributed by atoms with Gasteiger partial charge in [0, 0.05) is 17.4 Å². The molecule has 0 radical (unpaired) electrons. The molecule has 0 bridgehead atoms. The van der Waals surface area contributed by atoms with E-state index in [9.17, 15) is 13.2 Å². The topological polar surface area (TPSA) is 12.9 Å². The molecule has 3 rings (SSSR count). The summed E-state index contributed by atoms with van der Waals surface area (Å²) in [6, 6.07) is 8.15. The highest BCUT2D eigenvalue weighted by Crippen LogP contribution is 2.32. The van der Waals surface area contributed by atoms with Gasteiger partial charge in [-0.3, -0.25) is 0 Å². The average Bonchev–Trinajstić information content (AvgIpc) is 2.80. The molecule has 6 heteroatoms. The fourth-order valence-electron chi connectivity index (χ4n) is 1.75. The van der Waals surface area contributed by atoms with Gasteiger partial charge in [0.1, 0.15) is 17.5 Å². The minimum atomic E-state index is -0.565. The lowest BCUT2D eigenvalue weighted by Gasteiger charge is -2.02. The standard InChI is InChI=1S/C14H8F3NS2/c15-8-4-5-13-12(6-8)18-14(20-13)19-7-9-10(16)2-1-3-11(9)17/h1-6H,7H2. The van der Waals surface area contributed by atoms with E-state index in [0.717, 1.165) is 4.70 Å². The third-order valence-electron chi connectivity index (χ3n) is 2.73. The van der Waals surface area contributed by atoms with Crippen molar-refractivity contribution in [2.45, 2.75) is 10.1 Å². The van der Waals surface area contributed by atoms with Gasteiger partial charge >= 0.3 is 0 Å². The number of hydrogen-bond donors (Lipinski definition) is 0. The monoisotopic (exact) mass is 311 g/mol. The van der Waals surface area contributed by atoms with Crippen LogP contribution in [0.1, 0.15) is 5.56 Å². The lowest BCUT2D eigenvalue weighted by atomic mass is 10.2. The summed E-state index contributed by atoms with van der Waals surface area (Å²) in [5, 5.41) is 0. The lowest BCUT2D eigenvalue weighted by molar-refractivity contribution is 0.566. The Labute approximate surface area is 121 Å². The Morgan fingerprint density at radius 2 is 1.80 bits per heavy atom. The van der Waals surface area contributed by atoms with Crippen LogP contribution in [0.2, 0.25) is 0 Å². The highest BCUT2D eigenvalue weighted by Gasteiger charge is 2.11. The molecule has 0 aliphatic heterocycles. The van der Waals surface area contributed by atoms with Crippen molar-refractivity contribution in [3.8, 4) is 0 Å². The van der Waals surface area contributed by atoms with Crippen LogP contribution in [0.4, 0.5) is 13.2 Å². The first kappa shape index (κ1) is 13.5. The van der Waals surface area contributed by atoms with Gasteiger partial charge in [-0.2, -0.15) is 0 Å². The zero-order valence-corrected chi connectivity index (χ0v) is 11.7. The quantitative estimate of drug-likeness (QED) is 0.631. The Kier molecular flexibility index (Phi) is 3.67. The summed E-state index contributed by atoms with van der Waals surface area (Å²) in [6.45, 7) is 0. The first-order chi connectivity index (χ1) is 9.63. The largest absolute Gasteiger partial charge is 0.230 e. The summed E-state index contributed by atoms with van der Waals surface area (Å²) in [6.07, 6.45) is 0. The van der Waals surface area contributed by atoms with E-state index < -0.39 is 11.6 Å². The van der Waals surface area contributed by atoms with Crippen molar-refractivity contribution >= 4 is 33.3 Å². The van der Waals surface area contributed by atoms with Crippen molar-refractivity contribution in [2.24, 2.45) is 0 Å². The maximum absolute atomic E-state index is 13.5. The van der Waals surface area contributed by atoms with Crippen LogP contribution in [0, 0.1) is 17.5 Å². The number of aromatic nitrogens is 1. The number of nitrogens with zero attached hydrogens (tertiary/aromatic N) is 1. The van der Waals surface area contributed by atoms with Crippen molar-refractivity contribution in [3.05, 3.63) is 59.4 Å². The number of thioether (sulfide) groups is 1. The minimum absolute atomic E-state index is 0.0305. The van der Waals surface area contributed by atoms with E-state index in [0.29, 0.717) is 9.86 Å². The van der Waals surface area contributed by atoms with Crippen LogP contribution in [-0.2, 0) is 5.75 Å². The van der Waals surface area contributed by atoms with Gasteiger partial charge in [0.25, 0.3) is 0 Å². The van der Waals surface area contributed by atoms with Crippen LogP contribution < -0.4 is 0 Å². The van der Waals surface area contributed by atoms with Gasteiger partial charge in [0.2, 0.25) is 0 Å². The zero-order chi connectivity index (χ0) is 14.1. The van der Waals surface area contributed by atoms with E-state index in [1.165, 1.54) is 53.4 Å². The molecule has 1 aromatic heterocycles. The van der Waals surface area contributed by atoms with Crippen LogP contribution in [0.3, 0.4) is 0 Å². The van der Waals surface area contributed by atoms with Gasteiger partial charge in [-0.05, 0) is 24.3 Å². The smallest absolute Gasteiger partial charge is 0.151 e. The third-order valence-corrected chi connectivity index (χ3v) is 4.94. The predicted octanol–water partition coefficient (Wildman–Crippen LogP) is 5.01. The van der Waals surface area contributed by atoms with Crippen LogP contribution in [0.5, 0.6) is 0 Å². The third kappa shape index (κ3) is 2.66. The molecule has 3 aromatic rings. The molecule has 0 saturated carbocycles. The molecule has 0 aliphatic carbocycles. The SMILES string of the molecule is Fc1ccc2sc(SCc3c(F)cccc3F)nc2c1. The van der Waals surface area contributed by atoms with E-state index in [1.807, 2.05) is 0 Å². The Morgan fingerprint density at radius 3 is 2.55 bits per heavy atom. The molecular weight excluding hydrogens is 303 g/mol. The number of benzene rings is 2. The first-order valence-electron chi connectivity index (χ1n) is 5.75. The van der Waals surface area contributed by atoms with Crippen molar-refractivity contribution in [1.29, 1.82) is 0 Å². The van der Waals surface area contributed by atoms with Crippen LogP contribution in [-0.4, -0.2) is 4.98 Å². The van der Waals surface area contributed by atoms with Crippen LogP contribution >= 0.6 is 23.1 Å². The molecular formula is C14H8F3NS2. The molecule has 20 heavy (non-hydrogen) atoms. The Balaban J connectivity index is 1.83. The first-order valence-corrected chi connectivity index (χ1v) is 7.55. The Bertz CT molecular complexity index is 750. The highest BCUT2D eigenvalue weighted by molar-refractivity contribution is 8.00. The van der Waals surface area contributed by atoms with Crippen molar-refractivity contribution in [1.82, 2.24) is 4.98 Å². The summed E-state index contributed by atoms with van der Waals surface area (Å²) in [5.41, 5.74) is 0.592. The molecule has 0 amide bonds. The highest BCUT2D eigenvalue weighted by atomic mass is 32.2. The summed E-state index contributed by atoms with van der Waals surface area (Å²) in [7, 11) is 0. The number of hydrogen-bond acceptors (Lipinski definition) is 3. The van der Waals surface area contributed by atoms with E-state index in [4.69, 9.17) is 0 Å². The second-order valence-electron chi connectivity index (χ2n) is 4.08. The predicted molar refractivity (Wildman–Crippen MR) is 75.5 cm³/mol. The summed E-state index contributed by atoms with van der Waals surface area (Å²) >= 11 is 2.62. The lowest BCUT2D eigenvalue weighted by Crippen LogP contribution is -1.92. The number of halogens is 3. The normalized spacial score (nSPS) is 11.2. The Hall–Kier alpha value is -1.53. The average molecular weight is 311 g/mol. The summed E-state index contributed by atoms with van der Waals surface area (Å²) in [5.74, 6) is -1.32. The molecule has 0 N–H and O–H groups in total. The maximum Gasteiger partial charge on any atom is 0.151 e. The molecule has 0 atom stereocenters. The number of fused-ring (bicyclic) bond motifs is 1. The molecule has 0 saturated heterocycles. The van der Waals surface area contributed by atoms with Crippen molar-refractivity contribution in [2.75, 3.05) is 0 Å². The van der Waals surface area contributed by atoms with Gasteiger partial charge in [0.05, 0.1) is 10.2 Å². The van der Waals surface area contributed by atoms with Crippen LogP contribution in [0.25, 0.3) is 10.2 Å². The van der Waals surface area contributed by atoms with Gasteiger partial charge in [-0.25, -0.2) is 18.2 Å². The van der Waals surface area contributed by atoms with E-state index in [2.05, 4.69) is 4.98 Å². The number of rotatable bonds is 3. The molecule has 2 aromatic carbocycles. The molecule has 102 valence electrons.